The lowest BCUT2D eigenvalue weighted by Gasteiger charge is -2.23. The summed E-state index contributed by atoms with van der Waals surface area (Å²) in [4.78, 5) is 14.4. The first-order valence-electron chi connectivity index (χ1n) is 6.66. The summed E-state index contributed by atoms with van der Waals surface area (Å²) in [5.74, 6) is -0.224. The highest BCUT2D eigenvalue weighted by atomic mass is 35.5. The first-order chi connectivity index (χ1) is 10.0. The molecule has 5 heteroatoms. The van der Waals surface area contributed by atoms with Crippen molar-refractivity contribution in [3.05, 3.63) is 58.1 Å². The van der Waals surface area contributed by atoms with Crippen LogP contribution >= 0.6 is 23.2 Å². The highest BCUT2D eigenvalue weighted by molar-refractivity contribution is 6.40. The average Bonchev–Trinajstić information content (AvgIpc) is 2.44. The Hall–Kier alpha value is -1.71. The highest BCUT2D eigenvalue weighted by Crippen LogP contribution is 2.28. The molecule has 0 aromatic heterocycles. The molecule has 2 aromatic rings. The van der Waals surface area contributed by atoms with Crippen LogP contribution < -0.4 is 10.6 Å². The van der Waals surface area contributed by atoms with Crippen LogP contribution in [-0.2, 0) is 0 Å². The molecule has 0 radical (unpaired) electrons. The molecule has 0 bridgehead atoms. The van der Waals surface area contributed by atoms with Gasteiger partial charge in [0.15, 0.2) is 0 Å². The first kappa shape index (κ1) is 15.7. The van der Waals surface area contributed by atoms with Crippen LogP contribution in [0.15, 0.2) is 42.5 Å². The maximum atomic E-state index is 12.8. The third-order valence-electron chi connectivity index (χ3n) is 3.05. The molecule has 0 fully saturated rings. The van der Waals surface area contributed by atoms with Crippen molar-refractivity contribution in [3.8, 4) is 0 Å². The van der Waals surface area contributed by atoms with E-state index in [1.54, 1.807) is 35.2 Å². The van der Waals surface area contributed by atoms with Crippen molar-refractivity contribution in [1.82, 2.24) is 0 Å². The van der Waals surface area contributed by atoms with Gasteiger partial charge in [-0.3, -0.25) is 4.79 Å². The normalized spacial score (nSPS) is 10.4. The largest absolute Gasteiger partial charge is 0.399 e. The Morgan fingerprint density at radius 1 is 1.14 bits per heavy atom. The first-order valence-corrected chi connectivity index (χ1v) is 7.41. The summed E-state index contributed by atoms with van der Waals surface area (Å²) in [5.41, 5.74) is 7.45. The Balaban J connectivity index is 2.45. The van der Waals surface area contributed by atoms with Crippen molar-refractivity contribution in [2.75, 3.05) is 17.2 Å². The van der Waals surface area contributed by atoms with E-state index in [1.165, 1.54) is 0 Å². The van der Waals surface area contributed by atoms with Crippen LogP contribution in [0.25, 0.3) is 0 Å². The molecule has 0 atom stereocenters. The van der Waals surface area contributed by atoms with E-state index >= 15 is 0 Å². The van der Waals surface area contributed by atoms with E-state index in [0.717, 1.165) is 12.1 Å². The van der Waals surface area contributed by atoms with E-state index in [9.17, 15) is 4.79 Å². The van der Waals surface area contributed by atoms with Crippen LogP contribution in [0.1, 0.15) is 23.7 Å². The van der Waals surface area contributed by atoms with E-state index in [2.05, 4.69) is 0 Å². The van der Waals surface area contributed by atoms with Crippen LogP contribution in [0.2, 0.25) is 10.0 Å². The van der Waals surface area contributed by atoms with Gasteiger partial charge in [-0.2, -0.15) is 0 Å². The van der Waals surface area contributed by atoms with Crippen molar-refractivity contribution < 1.29 is 4.79 Å². The predicted octanol–water partition coefficient (Wildman–Crippen LogP) is 4.63. The number of amides is 1. The summed E-state index contributed by atoms with van der Waals surface area (Å²) in [6.07, 6.45) is 0.808. The van der Waals surface area contributed by atoms with Crippen LogP contribution in [0.5, 0.6) is 0 Å². The van der Waals surface area contributed by atoms with Gasteiger partial charge in [0.25, 0.3) is 5.91 Å². The quantitative estimate of drug-likeness (QED) is 0.834. The number of carbonyl (C=O) groups is 1. The number of hydrogen-bond donors (Lipinski definition) is 1. The number of nitrogen functional groups attached to an aromatic ring is 1. The molecular weight excluding hydrogens is 307 g/mol. The minimum atomic E-state index is -0.224. The van der Waals surface area contributed by atoms with Crippen molar-refractivity contribution in [2.24, 2.45) is 0 Å². The third-order valence-corrected chi connectivity index (χ3v) is 3.68. The summed E-state index contributed by atoms with van der Waals surface area (Å²) in [7, 11) is 0. The number of carbonyl (C=O) groups excluding carboxylic acids is 1. The molecule has 0 saturated carbocycles. The van der Waals surface area contributed by atoms with Crippen molar-refractivity contribution in [1.29, 1.82) is 0 Å². The zero-order valence-corrected chi connectivity index (χ0v) is 13.2. The number of anilines is 2. The Morgan fingerprint density at radius 2 is 1.76 bits per heavy atom. The number of rotatable bonds is 4. The number of halogens is 2. The molecule has 110 valence electrons. The summed E-state index contributed by atoms with van der Waals surface area (Å²) in [6.45, 7) is 2.56. The molecule has 0 unspecified atom stereocenters. The molecule has 1 amide bonds. The van der Waals surface area contributed by atoms with Crippen LogP contribution in [0.3, 0.4) is 0 Å². The van der Waals surface area contributed by atoms with Gasteiger partial charge in [-0.1, -0.05) is 42.3 Å². The second kappa shape index (κ2) is 6.83. The lowest BCUT2D eigenvalue weighted by molar-refractivity contribution is 0.0987. The van der Waals surface area contributed by atoms with Crippen molar-refractivity contribution >= 4 is 40.5 Å². The van der Waals surface area contributed by atoms with Crippen LogP contribution in [-0.4, -0.2) is 12.5 Å². The van der Waals surface area contributed by atoms with Gasteiger partial charge in [0.1, 0.15) is 0 Å². The van der Waals surface area contributed by atoms with Gasteiger partial charge in [0, 0.05) is 17.9 Å². The maximum absolute atomic E-state index is 12.8. The molecule has 0 aliphatic carbocycles. The molecule has 2 N–H and O–H groups in total. The fourth-order valence-electron chi connectivity index (χ4n) is 2.10. The summed E-state index contributed by atoms with van der Waals surface area (Å²) in [5, 5.41) is 0.690. The van der Waals surface area contributed by atoms with Crippen molar-refractivity contribution in [2.45, 2.75) is 13.3 Å². The summed E-state index contributed by atoms with van der Waals surface area (Å²) in [6, 6.07) is 12.2. The van der Waals surface area contributed by atoms with E-state index in [0.29, 0.717) is 27.8 Å². The Labute approximate surface area is 134 Å². The van der Waals surface area contributed by atoms with Gasteiger partial charge in [0.05, 0.1) is 15.6 Å². The number of nitrogens with two attached hydrogens (primary N) is 1. The molecule has 0 aliphatic heterocycles. The Kier molecular flexibility index (Phi) is 5.10. The number of hydrogen-bond acceptors (Lipinski definition) is 2. The van der Waals surface area contributed by atoms with Crippen LogP contribution in [0, 0.1) is 0 Å². The van der Waals surface area contributed by atoms with Crippen LogP contribution in [0.4, 0.5) is 11.4 Å². The minimum Gasteiger partial charge on any atom is -0.399 e. The smallest absolute Gasteiger partial charge is 0.261 e. The lowest BCUT2D eigenvalue weighted by Crippen LogP contribution is -2.32. The number of benzene rings is 2. The predicted molar refractivity (Wildman–Crippen MR) is 89.3 cm³/mol. The Bertz CT molecular complexity index is 638. The van der Waals surface area contributed by atoms with E-state index in [1.807, 2.05) is 19.1 Å². The highest BCUT2D eigenvalue weighted by Gasteiger charge is 2.22. The molecule has 3 nitrogen and oxygen atoms in total. The molecule has 0 aliphatic rings. The third kappa shape index (κ3) is 3.49. The SMILES string of the molecule is CCCN(C(=O)c1c(Cl)cccc1Cl)c1cccc(N)c1. The fraction of sp³-hybridized carbons (Fsp3) is 0.188. The van der Waals surface area contributed by atoms with Gasteiger partial charge in [-0.15, -0.1) is 0 Å². The molecule has 0 spiro atoms. The average molecular weight is 323 g/mol. The second-order valence-corrected chi connectivity index (χ2v) is 5.46. The summed E-state index contributed by atoms with van der Waals surface area (Å²) >= 11 is 12.3. The van der Waals surface area contributed by atoms with Gasteiger partial charge < -0.3 is 10.6 Å². The molecule has 0 heterocycles. The lowest BCUT2D eigenvalue weighted by atomic mass is 10.1. The topological polar surface area (TPSA) is 46.3 Å². The number of nitrogens with zero attached hydrogens (tertiary/aromatic N) is 1. The van der Waals surface area contributed by atoms with E-state index in [4.69, 9.17) is 28.9 Å². The Morgan fingerprint density at radius 3 is 2.33 bits per heavy atom. The molecule has 0 saturated heterocycles. The second-order valence-electron chi connectivity index (χ2n) is 4.65. The van der Waals surface area contributed by atoms with Gasteiger partial charge in [0.2, 0.25) is 0 Å². The van der Waals surface area contributed by atoms with Gasteiger partial charge in [-0.25, -0.2) is 0 Å². The van der Waals surface area contributed by atoms with Crippen molar-refractivity contribution in [3.63, 3.8) is 0 Å². The molecular formula is C16H16Cl2N2O. The zero-order valence-electron chi connectivity index (χ0n) is 11.6. The van der Waals surface area contributed by atoms with E-state index in [-0.39, 0.29) is 5.91 Å². The monoisotopic (exact) mass is 322 g/mol. The maximum Gasteiger partial charge on any atom is 0.261 e. The molecule has 21 heavy (non-hydrogen) atoms. The van der Waals surface area contributed by atoms with E-state index < -0.39 is 0 Å². The van der Waals surface area contributed by atoms with Gasteiger partial charge in [-0.05, 0) is 36.8 Å². The molecule has 2 aromatic carbocycles. The molecule has 2 rings (SSSR count). The summed E-state index contributed by atoms with van der Waals surface area (Å²) < 4.78 is 0. The minimum absolute atomic E-state index is 0.224. The fourth-order valence-corrected chi connectivity index (χ4v) is 2.66. The zero-order chi connectivity index (χ0) is 15.4. The standard InChI is InChI=1S/C16H16Cl2N2O/c1-2-9-20(12-6-3-5-11(19)10-12)16(21)15-13(17)7-4-8-14(15)18/h3-8,10H,2,9,19H2,1H3. The van der Waals surface area contributed by atoms with Gasteiger partial charge >= 0.3 is 0 Å².